The third-order valence-electron chi connectivity index (χ3n) is 5.89. The molecule has 174 valence electrons. The number of carbonyl (C=O) groups excluding carboxylic acids is 1. The zero-order chi connectivity index (χ0) is 23.4. The summed E-state index contributed by atoms with van der Waals surface area (Å²) in [5.74, 6) is 2.31. The number of carbonyl (C=O) groups is 1. The molecule has 2 heterocycles. The van der Waals surface area contributed by atoms with E-state index in [0.29, 0.717) is 18.0 Å². The minimum atomic E-state index is -0.0925. The maximum atomic E-state index is 11.8. The van der Waals surface area contributed by atoms with E-state index in [9.17, 15) is 4.79 Å². The monoisotopic (exact) mass is 466 g/mol. The average Bonchev–Trinajstić information content (AvgIpc) is 2.86. The summed E-state index contributed by atoms with van der Waals surface area (Å²) < 4.78 is 10.9. The van der Waals surface area contributed by atoms with Crippen molar-refractivity contribution in [3.05, 3.63) is 53.1 Å². The summed E-state index contributed by atoms with van der Waals surface area (Å²) in [6.07, 6.45) is 2.88. The van der Waals surface area contributed by atoms with Gasteiger partial charge in [0.2, 0.25) is 0 Å². The van der Waals surface area contributed by atoms with Gasteiger partial charge in [-0.15, -0.1) is 0 Å². The van der Waals surface area contributed by atoms with Crippen LogP contribution in [0.25, 0.3) is 0 Å². The van der Waals surface area contributed by atoms with Crippen LogP contribution in [0.3, 0.4) is 0 Å². The van der Waals surface area contributed by atoms with Gasteiger partial charge in [0.1, 0.15) is 5.84 Å². The third-order valence-corrected chi connectivity index (χ3v) is 7.04. The maximum Gasteiger partial charge on any atom is 0.299 e. The van der Waals surface area contributed by atoms with Crippen LogP contribution in [0.1, 0.15) is 43.4 Å². The number of nitrogens with zero attached hydrogens (tertiary/aromatic N) is 3. The van der Waals surface area contributed by atoms with E-state index >= 15 is 0 Å². The zero-order valence-electron chi connectivity index (χ0n) is 19.6. The van der Waals surface area contributed by atoms with E-state index in [1.54, 1.807) is 14.2 Å². The molecule has 1 atom stereocenters. The van der Waals surface area contributed by atoms with Gasteiger partial charge in [-0.3, -0.25) is 9.79 Å². The molecule has 0 bridgehead atoms. The lowest BCUT2D eigenvalue weighted by Crippen LogP contribution is -2.37. The number of thioether (sulfide) groups is 1. The number of benzene rings is 2. The average molecular weight is 467 g/mol. The first kappa shape index (κ1) is 23.2. The molecule has 0 saturated carbocycles. The van der Waals surface area contributed by atoms with Crippen LogP contribution in [0.15, 0.2) is 46.5 Å². The molecule has 2 aromatic carbocycles. The van der Waals surface area contributed by atoms with Crippen molar-refractivity contribution in [2.75, 3.05) is 32.2 Å². The lowest BCUT2D eigenvalue weighted by Gasteiger charge is -2.33. The Morgan fingerprint density at radius 3 is 2.73 bits per heavy atom. The number of ether oxygens (including phenoxy) is 2. The zero-order valence-corrected chi connectivity index (χ0v) is 20.4. The number of hydrogen-bond acceptors (Lipinski definition) is 6. The summed E-state index contributed by atoms with van der Waals surface area (Å²) in [7, 11) is 3.29. The molecule has 2 aliphatic heterocycles. The molecule has 1 N–H and O–H groups in total. The third kappa shape index (κ3) is 4.71. The Kier molecular flexibility index (Phi) is 7.23. The molecule has 8 heteroatoms. The van der Waals surface area contributed by atoms with E-state index in [4.69, 9.17) is 14.5 Å². The first-order chi connectivity index (χ1) is 16.1. The molecule has 0 radical (unpaired) electrons. The van der Waals surface area contributed by atoms with E-state index in [1.807, 2.05) is 25.1 Å². The second-order valence-electron chi connectivity index (χ2n) is 7.88. The van der Waals surface area contributed by atoms with Gasteiger partial charge in [-0.05, 0) is 67.6 Å². The van der Waals surface area contributed by atoms with Gasteiger partial charge in [0.25, 0.3) is 5.24 Å². The minimum Gasteiger partial charge on any atom is -0.493 e. The number of hydrogen-bond donors (Lipinski definition) is 1. The number of anilines is 1. The molecule has 7 nitrogen and oxygen atoms in total. The van der Waals surface area contributed by atoms with Crippen molar-refractivity contribution in [2.24, 2.45) is 10.1 Å². The van der Waals surface area contributed by atoms with Gasteiger partial charge in [0.15, 0.2) is 11.5 Å². The number of methoxy groups -OCH3 is 2. The second kappa shape index (κ2) is 10.3. The van der Waals surface area contributed by atoms with Crippen molar-refractivity contribution in [3.63, 3.8) is 0 Å². The standard InChI is InChI=1S/C25H30N4O3S/c1-5-22-23(27-28-25(30)33-22)17-9-11-19-16(14-17)8-7-13-29(19)24(26-6-2)18-10-12-20(31-3)21(15-18)32-4/h9-12,14-15,22H,5-8,13H2,1-4H3,(H,28,30). The second-order valence-corrected chi connectivity index (χ2v) is 9.05. The highest BCUT2D eigenvalue weighted by Crippen LogP contribution is 2.34. The molecule has 0 saturated heterocycles. The molecule has 2 aromatic rings. The Balaban J connectivity index is 1.71. The van der Waals surface area contributed by atoms with Crippen LogP contribution >= 0.6 is 11.8 Å². The summed E-state index contributed by atoms with van der Waals surface area (Å²) in [5.41, 5.74) is 8.04. The fourth-order valence-electron chi connectivity index (χ4n) is 4.35. The van der Waals surface area contributed by atoms with Gasteiger partial charge in [-0.2, -0.15) is 5.10 Å². The summed E-state index contributed by atoms with van der Waals surface area (Å²) in [6, 6.07) is 12.4. The van der Waals surface area contributed by atoms with E-state index in [1.165, 1.54) is 17.3 Å². The highest BCUT2D eigenvalue weighted by Gasteiger charge is 2.28. The van der Waals surface area contributed by atoms with Crippen molar-refractivity contribution in [3.8, 4) is 11.5 Å². The van der Waals surface area contributed by atoms with Crippen molar-refractivity contribution in [2.45, 2.75) is 38.4 Å². The Bertz CT molecular complexity index is 1100. The number of amides is 1. The maximum absolute atomic E-state index is 11.8. The summed E-state index contributed by atoms with van der Waals surface area (Å²) >= 11 is 1.31. The molecule has 33 heavy (non-hydrogen) atoms. The minimum absolute atomic E-state index is 0.0699. The van der Waals surface area contributed by atoms with Crippen LogP contribution in [0.4, 0.5) is 10.5 Å². The molecule has 1 unspecified atom stereocenters. The molecular formula is C25H30N4O3S. The van der Waals surface area contributed by atoms with Crippen LogP contribution in [0.2, 0.25) is 0 Å². The Hall–Kier alpha value is -3.00. The van der Waals surface area contributed by atoms with E-state index in [0.717, 1.165) is 54.2 Å². The Labute approximate surface area is 199 Å². The topological polar surface area (TPSA) is 75.5 Å². The Morgan fingerprint density at radius 2 is 2.00 bits per heavy atom. The van der Waals surface area contributed by atoms with Crippen LogP contribution in [-0.2, 0) is 6.42 Å². The van der Waals surface area contributed by atoms with Gasteiger partial charge >= 0.3 is 0 Å². The van der Waals surface area contributed by atoms with Crippen molar-refractivity contribution in [1.82, 2.24) is 5.43 Å². The number of fused-ring (bicyclic) bond motifs is 1. The van der Waals surface area contributed by atoms with E-state index in [-0.39, 0.29) is 10.5 Å². The molecule has 2 aliphatic rings. The fourth-order valence-corrected chi connectivity index (χ4v) is 5.17. The molecular weight excluding hydrogens is 436 g/mol. The van der Waals surface area contributed by atoms with Gasteiger partial charge in [-0.1, -0.05) is 24.8 Å². The summed E-state index contributed by atoms with van der Waals surface area (Å²) in [6.45, 7) is 5.71. The normalized spacial score (nSPS) is 18.4. The van der Waals surface area contributed by atoms with Crippen molar-refractivity contribution in [1.29, 1.82) is 0 Å². The Morgan fingerprint density at radius 1 is 1.18 bits per heavy atom. The molecule has 4 rings (SSSR count). The number of aryl methyl sites for hydroxylation is 1. The van der Waals surface area contributed by atoms with Crippen LogP contribution in [-0.4, -0.2) is 49.3 Å². The first-order valence-electron chi connectivity index (χ1n) is 11.3. The van der Waals surface area contributed by atoms with Gasteiger partial charge < -0.3 is 14.4 Å². The van der Waals surface area contributed by atoms with E-state index < -0.39 is 0 Å². The highest BCUT2D eigenvalue weighted by atomic mass is 32.2. The van der Waals surface area contributed by atoms with Crippen LogP contribution < -0.4 is 19.8 Å². The predicted molar refractivity (Wildman–Crippen MR) is 135 cm³/mol. The molecule has 0 fully saturated rings. The molecule has 0 spiro atoms. The quantitative estimate of drug-likeness (QED) is 0.486. The predicted octanol–water partition coefficient (Wildman–Crippen LogP) is 4.86. The van der Waals surface area contributed by atoms with Crippen molar-refractivity contribution < 1.29 is 14.3 Å². The van der Waals surface area contributed by atoms with E-state index in [2.05, 4.69) is 40.5 Å². The van der Waals surface area contributed by atoms with Gasteiger partial charge in [0.05, 0.1) is 25.2 Å². The lowest BCUT2D eigenvalue weighted by atomic mass is 9.95. The lowest BCUT2D eigenvalue weighted by molar-refractivity contribution is 0.260. The van der Waals surface area contributed by atoms with Crippen LogP contribution in [0, 0.1) is 0 Å². The number of amidine groups is 1. The number of aliphatic imine (C=N–C) groups is 1. The number of hydrazone groups is 1. The van der Waals surface area contributed by atoms with Crippen molar-refractivity contribution >= 4 is 34.2 Å². The van der Waals surface area contributed by atoms with Gasteiger partial charge in [-0.25, -0.2) is 5.43 Å². The van der Waals surface area contributed by atoms with Gasteiger partial charge in [0, 0.05) is 24.3 Å². The largest absolute Gasteiger partial charge is 0.493 e. The number of nitrogens with one attached hydrogen (secondary N) is 1. The summed E-state index contributed by atoms with van der Waals surface area (Å²) in [5, 5.41) is 4.36. The molecule has 1 amide bonds. The fraction of sp³-hybridized carbons (Fsp3) is 0.400. The van der Waals surface area contributed by atoms with Crippen LogP contribution in [0.5, 0.6) is 11.5 Å². The molecule has 0 aliphatic carbocycles. The first-order valence-corrected chi connectivity index (χ1v) is 12.2. The smallest absolute Gasteiger partial charge is 0.299 e. The molecule has 0 aromatic heterocycles. The summed E-state index contributed by atoms with van der Waals surface area (Å²) in [4.78, 5) is 18.9. The number of rotatable bonds is 6. The SMILES string of the molecule is CCN=C(c1ccc(OC)c(OC)c1)N1CCCc2cc(C3=NNC(=O)SC3CC)ccc21. The highest BCUT2D eigenvalue weighted by molar-refractivity contribution is 8.14.